The molecule has 3 rings (SSSR count). The number of benzene rings is 1. The first-order chi connectivity index (χ1) is 13.5. The van der Waals surface area contributed by atoms with E-state index < -0.39 is 20.0 Å². The summed E-state index contributed by atoms with van der Waals surface area (Å²) in [5, 5.41) is 4.05. The van der Waals surface area contributed by atoms with Gasteiger partial charge in [-0.1, -0.05) is 0 Å². The van der Waals surface area contributed by atoms with Gasteiger partial charge < -0.3 is 9.47 Å². The van der Waals surface area contributed by atoms with Crippen LogP contribution in [0.2, 0.25) is 0 Å². The highest BCUT2D eigenvalue weighted by atomic mass is 32.2. The van der Waals surface area contributed by atoms with E-state index in [1.54, 1.807) is 12.1 Å². The number of nitrogens with zero attached hydrogens (tertiary/aromatic N) is 3. The van der Waals surface area contributed by atoms with Crippen molar-refractivity contribution >= 4 is 20.0 Å². The zero-order valence-electron chi connectivity index (χ0n) is 16.8. The summed E-state index contributed by atoms with van der Waals surface area (Å²) < 4.78 is 65.1. The molecule has 1 saturated heterocycles. The second-order valence-electron chi connectivity index (χ2n) is 7.00. The van der Waals surface area contributed by atoms with Crippen molar-refractivity contribution in [3.05, 3.63) is 35.7 Å². The summed E-state index contributed by atoms with van der Waals surface area (Å²) in [6.07, 6.45) is -0.0404. The van der Waals surface area contributed by atoms with Gasteiger partial charge in [-0.25, -0.2) is 8.42 Å². The molecule has 0 bridgehead atoms. The summed E-state index contributed by atoms with van der Waals surface area (Å²) in [5.74, 6) is 0.544. The normalized spacial score (nSPS) is 16.3. The molecule has 11 heteroatoms. The Morgan fingerprint density at radius 3 is 2.14 bits per heavy atom. The third-order valence-electron chi connectivity index (χ3n) is 4.47. The molecule has 1 aromatic carbocycles. The molecule has 1 fully saturated rings. The fourth-order valence-corrected chi connectivity index (χ4v) is 6.37. The predicted molar refractivity (Wildman–Crippen MR) is 106 cm³/mol. The van der Waals surface area contributed by atoms with Crippen molar-refractivity contribution in [2.24, 2.45) is 0 Å². The first-order valence-electron chi connectivity index (χ1n) is 9.21. The van der Waals surface area contributed by atoms with E-state index in [2.05, 4.69) is 5.10 Å². The van der Waals surface area contributed by atoms with E-state index in [1.807, 2.05) is 13.8 Å². The highest BCUT2D eigenvalue weighted by molar-refractivity contribution is 7.90. The maximum absolute atomic E-state index is 13.1. The largest absolute Gasteiger partial charge is 0.491 e. The number of morpholine rings is 1. The Kier molecular flexibility index (Phi) is 6.04. The molecule has 0 atom stereocenters. The van der Waals surface area contributed by atoms with Gasteiger partial charge in [-0.15, -0.1) is 0 Å². The molecule has 9 nitrogen and oxygen atoms in total. The first-order valence-corrected chi connectivity index (χ1v) is 12.1. The number of hydrogen-bond donors (Lipinski definition) is 0. The molecule has 0 radical (unpaired) electrons. The molecule has 0 aliphatic carbocycles. The standard InChI is InChI=1S/C18H25N3O6S2/c1-13(2)27-16-5-7-17(8-6-16)28(22,23)21-15(4)18(14(3)19-21)29(24,25)20-9-11-26-12-10-20/h5-8,13H,9-12H2,1-4H3. The van der Waals surface area contributed by atoms with E-state index >= 15 is 0 Å². The predicted octanol–water partition coefficient (Wildman–Crippen LogP) is 1.55. The summed E-state index contributed by atoms with van der Waals surface area (Å²) in [6.45, 7) is 7.72. The average molecular weight is 444 g/mol. The average Bonchev–Trinajstić information content (AvgIpc) is 2.98. The van der Waals surface area contributed by atoms with Crippen molar-refractivity contribution in [3.8, 4) is 5.75 Å². The van der Waals surface area contributed by atoms with Crippen molar-refractivity contribution < 1.29 is 26.3 Å². The van der Waals surface area contributed by atoms with Crippen LogP contribution in [0.3, 0.4) is 0 Å². The number of aryl methyl sites for hydroxylation is 1. The second-order valence-corrected chi connectivity index (χ2v) is 10.6. The Bertz CT molecular complexity index is 1080. The quantitative estimate of drug-likeness (QED) is 0.666. The third-order valence-corrected chi connectivity index (χ3v) is 8.30. The molecular weight excluding hydrogens is 418 g/mol. The van der Waals surface area contributed by atoms with Crippen LogP contribution >= 0.6 is 0 Å². The number of aromatic nitrogens is 2. The number of ether oxygens (including phenoxy) is 2. The zero-order valence-corrected chi connectivity index (χ0v) is 18.5. The van der Waals surface area contributed by atoms with Gasteiger partial charge in [0.15, 0.2) is 0 Å². The van der Waals surface area contributed by atoms with Gasteiger partial charge in [-0.2, -0.15) is 21.9 Å². The van der Waals surface area contributed by atoms with Gasteiger partial charge in [0, 0.05) is 13.1 Å². The molecule has 1 aliphatic heterocycles. The Balaban J connectivity index is 2.00. The SMILES string of the molecule is Cc1nn(S(=O)(=O)c2ccc(OC(C)C)cc2)c(C)c1S(=O)(=O)N1CCOCC1. The number of hydrogen-bond acceptors (Lipinski definition) is 7. The van der Waals surface area contributed by atoms with Crippen LogP contribution in [0.5, 0.6) is 5.75 Å². The number of sulfonamides is 1. The minimum Gasteiger partial charge on any atom is -0.491 e. The van der Waals surface area contributed by atoms with Crippen molar-refractivity contribution in [1.82, 2.24) is 13.5 Å². The van der Waals surface area contributed by atoms with E-state index in [9.17, 15) is 16.8 Å². The minimum atomic E-state index is -4.07. The van der Waals surface area contributed by atoms with Gasteiger partial charge in [0.1, 0.15) is 10.6 Å². The molecule has 0 amide bonds. The Hall–Kier alpha value is -1.95. The summed E-state index contributed by atoms with van der Waals surface area (Å²) in [4.78, 5) is -0.0859. The Labute approximate surface area is 171 Å². The topological polar surface area (TPSA) is 108 Å². The maximum atomic E-state index is 13.1. The van der Waals surface area contributed by atoms with Crippen LogP contribution < -0.4 is 4.74 Å². The van der Waals surface area contributed by atoms with Gasteiger partial charge in [0.2, 0.25) is 10.0 Å². The van der Waals surface area contributed by atoms with Crippen LogP contribution in [0, 0.1) is 13.8 Å². The molecule has 29 heavy (non-hydrogen) atoms. The molecule has 1 aliphatic rings. The van der Waals surface area contributed by atoms with Gasteiger partial charge in [0.05, 0.1) is 35.6 Å². The molecular formula is C18H25N3O6S2. The lowest BCUT2D eigenvalue weighted by Gasteiger charge is -2.26. The van der Waals surface area contributed by atoms with E-state index in [0.717, 1.165) is 4.09 Å². The highest BCUT2D eigenvalue weighted by Crippen LogP contribution is 2.27. The lowest BCUT2D eigenvalue weighted by atomic mass is 10.3. The van der Waals surface area contributed by atoms with Crippen LogP contribution in [0.15, 0.2) is 34.1 Å². The van der Waals surface area contributed by atoms with E-state index in [-0.39, 0.29) is 40.4 Å². The van der Waals surface area contributed by atoms with Crippen molar-refractivity contribution in [3.63, 3.8) is 0 Å². The summed E-state index contributed by atoms with van der Waals surface area (Å²) in [5.41, 5.74) is 0.189. The van der Waals surface area contributed by atoms with Gasteiger partial charge in [0.25, 0.3) is 10.0 Å². The molecule has 0 spiro atoms. The lowest BCUT2D eigenvalue weighted by Crippen LogP contribution is -2.41. The molecule has 0 unspecified atom stereocenters. The summed E-state index contributed by atoms with van der Waals surface area (Å²) in [7, 11) is -7.94. The van der Waals surface area contributed by atoms with E-state index in [4.69, 9.17) is 9.47 Å². The Morgan fingerprint density at radius 1 is 1.00 bits per heavy atom. The van der Waals surface area contributed by atoms with Crippen LogP contribution in [-0.2, 0) is 24.8 Å². The molecule has 1 aromatic heterocycles. The molecule has 0 N–H and O–H groups in total. The molecule has 160 valence electrons. The van der Waals surface area contributed by atoms with Crippen LogP contribution in [0.1, 0.15) is 25.2 Å². The third kappa shape index (κ3) is 4.18. The summed E-state index contributed by atoms with van der Waals surface area (Å²) >= 11 is 0. The van der Waals surface area contributed by atoms with Crippen LogP contribution in [0.4, 0.5) is 0 Å². The monoisotopic (exact) mass is 443 g/mol. The zero-order chi connectivity index (χ0) is 21.4. The minimum absolute atomic E-state index is 0.00507. The van der Waals surface area contributed by atoms with Crippen molar-refractivity contribution in [2.75, 3.05) is 26.3 Å². The van der Waals surface area contributed by atoms with Gasteiger partial charge >= 0.3 is 0 Å². The molecule has 2 aromatic rings. The molecule has 0 saturated carbocycles. The fraction of sp³-hybridized carbons (Fsp3) is 0.500. The van der Waals surface area contributed by atoms with Crippen LogP contribution in [-0.4, -0.2) is 62.7 Å². The van der Waals surface area contributed by atoms with E-state index in [1.165, 1.54) is 30.3 Å². The second kappa shape index (κ2) is 8.05. The van der Waals surface area contributed by atoms with E-state index in [0.29, 0.717) is 19.0 Å². The smallest absolute Gasteiger partial charge is 0.283 e. The molecule has 2 heterocycles. The van der Waals surface area contributed by atoms with Crippen molar-refractivity contribution in [2.45, 2.75) is 43.6 Å². The van der Waals surface area contributed by atoms with Crippen molar-refractivity contribution in [1.29, 1.82) is 0 Å². The Morgan fingerprint density at radius 2 is 1.59 bits per heavy atom. The van der Waals surface area contributed by atoms with Gasteiger partial charge in [-0.05, 0) is 52.0 Å². The highest BCUT2D eigenvalue weighted by Gasteiger charge is 2.34. The summed E-state index contributed by atoms with van der Waals surface area (Å²) in [6, 6.07) is 5.95. The lowest BCUT2D eigenvalue weighted by molar-refractivity contribution is 0.0730. The maximum Gasteiger partial charge on any atom is 0.283 e. The van der Waals surface area contributed by atoms with Crippen LogP contribution in [0.25, 0.3) is 0 Å². The van der Waals surface area contributed by atoms with Gasteiger partial charge in [-0.3, -0.25) is 0 Å². The first kappa shape index (κ1) is 21.8. The fourth-order valence-electron chi connectivity index (χ4n) is 3.19. The number of rotatable bonds is 6.